The van der Waals surface area contributed by atoms with Crippen LogP contribution in [0.5, 0.6) is 0 Å². The zero-order chi connectivity index (χ0) is 39.1. The second-order valence-electron chi connectivity index (χ2n) is 16.4. The Bertz CT molecular complexity index is 3410. The fraction of sp³-hybridized carbons (Fsp3) is 0. The first-order valence-electron chi connectivity index (χ1n) is 20.9. The highest BCUT2D eigenvalue weighted by molar-refractivity contribution is 7.04. The predicted octanol–water partition coefficient (Wildman–Crippen LogP) is 9.48. The van der Waals surface area contributed by atoms with Gasteiger partial charge >= 0.3 is 0 Å². The minimum atomic E-state index is 0.0401. The number of hydrogen-bond donors (Lipinski definition) is 0. The van der Waals surface area contributed by atoms with E-state index in [2.05, 4.69) is 226 Å². The first-order valence-corrected chi connectivity index (χ1v) is 20.9. The Morgan fingerprint density at radius 1 is 0.300 bits per heavy atom. The molecule has 9 aromatic carbocycles. The number of hydrogen-bond acceptors (Lipinski definition) is 3. The molecular formula is C54H34B2N4. The number of nitrogens with zero attached hydrogens (tertiary/aromatic N) is 4. The van der Waals surface area contributed by atoms with E-state index in [1.807, 2.05) is 0 Å². The summed E-state index contributed by atoms with van der Waals surface area (Å²) in [6.45, 7) is 0.103. The molecule has 0 radical (unpaired) electrons. The van der Waals surface area contributed by atoms with Crippen LogP contribution in [0.1, 0.15) is 0 Å². The molecule has 6 heteroatoms. The van der Waals surface area contributed by atoms with Crippen molar-refractivity contribution in [2.24, 2.45) is 0 Å². The van der Waals surface area contributed by atoms with Crippen molar-refractivity contribution in [2.45, 2.75) is 0 Å². The number of fused-ring (bicyclic) bond motifs is 13. The van der Waals surface area contributed by atoms with Gasteiger partial charge in [0.25, 0.3) is 13.4 Å². The minimum Gasteiger partial charge on any atom is -0.312 e. The summed E-state index contributed by atoms with van der Waals surface area (Å²) in [4.78, 5) is 7.74. The second kappa shape index (κ2) is 11.9. The predicted molar refractivity (Wildman–Crippen MR) is 254 cm³/mol. The topological polar surface area (TPSA) is 14.7 Å². The molecule has 0 atom stereocenters. The van der Waals surface area contributed by atoms with Crippen molar-refractivity contribution in [3.05, 3.63) is 206 Å². The highest BCUT2D eigenvalue weighted by Gasteiger charge is 2.51. The standard InChI is InChI=1S/C54H34B2N4/c1-3-18-35(19-4-1)57-42-27-12-7-22-37(42)51-47(57)32-17-33-48(51)59-44-29-14-9-24-39(44)56-41-26-11-16-31-46(41)60-45-30-15-10-25-40(45)55-38-23-8-13-28-43(38)58(36-20-5-2-6-21-36)49-34-50(59)53(56)54(60)52(49)55/h1-34H. The van der Waals surface area contributed by atoms with E-state index in [1.54, 1.807) is 0 Å². The molecule has 0 amide bonds. The van der Waals surface area contributed by atoms with E-state index in [9.17, 15) is 0 Å². The van der Waals surface area contributed by atoms with Crippen LogP contribution >= 0.6 is 0 Å². The SMILES string of the molecule is c1ccc(N2c3ccccc3B3c4ccccc4N4c5ccccc5B5c6ccccc6N(c6cccc7c6c6ccccc6n7-c6ccccc6)c6cc2c3c4c65)cc1. The highest BCUT2D eigenvalue weighted by Crippen LogP contribution is 2.51. The normalized spacial score (nSPS) is 13.8. The van der Waals surface area contributed by atoms with Gasteiger partial charge in [-0.25, -0.2) is 0 Å². The molecule has 5 heterocycles. The molecule has 14 rings (SSSR count). The lowest BCUT2D eigenvalue weighted by Gasteiger charge is -2.51. The van der Waals surface area contributed by atoms with Crippen molar-refractivity contribution in [3.8, 4) is 5.69 Å². The molecule has 1 aromatic heterocycles. The largest absolute Gasteiger partial charge is 0.312 e. The summed E-state index contributed by atoms with van der Waals surface area (Å²) in [7, 11) is 0. The van der Waals surface area contributed by atoms with E-state index in [1.165, 1.54) is 100 Å². The fourth-order valence-electron chi connectivity index (χ4n) is 11.3. The Morgan fingerprint density at radius 2 is 0.733 bits per heavy atom. The number of para-hydroxylation sites is 7. The van der Waals surface area contributed by atoms with Gasteiger partial charge in [-0.1, -0.05) is 133 Å². The first-order chi connectivity index (χ1) is 29.8. The van der Waals surface area contributed by atoms with Gasteiger partial charge in [-0.05, 0) is 106 Å². The van der Waals surface area contributed by atoms with Gasteiger partial charge < -0.3 is 19.3 Å². The molecule has 0 saturated carbocycles. The molecule has 4 nitrogen and oxygen atoms in total. The molecule has 276 valence electrons. The van der Waals surface area contributed by atoms with Gasteiger partial charge in [0.05, 0.1) is 16.7 Å². The van der Waals surface area contributed by atoms with Crippen LogP contribution in [-0.4, -0.2) is 18.0 Å². The van der Waals surface area contributed by atoms with Crippen LogP contribution in [0.2, 0.25) is 0 Å². The van der Waals surface area contributed by atoms with E-state index in [0.29, 0.717) is 0 Å². The molecule has 10 aromatic rings. The van der Waals surface area contributed by atoms with Crippen LogP contribution in [0.25, 0.3) is 27.5 Å². The van der Waals surface area contributed by atoms with Gasteiger partial charge in [0, 0.05) is 62.0 Å². The minimum absolute atomic E-state index is 0.0401. The van der Waals surface area contributed by atoms with Gasteiger partial charge in [0.1, 0.15) is 0 Å². The number of aromatic nitrogens is 1. The molecular weight excluding hydrogens is 726 g/mol. The monoisotopic (exact) mass is 760 g/mol. The van der Waals surface area contributed by atoms with E-state index in [-0.39, 0.29) is 13.4 Å². The van der Waals surface area contributed by atoms with Crippen LogP contribution in [0.15, 0.2) is 206 Å². The smallest absolute Gasteiger partial charge is 0.252 e. The van der Waals surface area contributed by atoms with Crippen LogP contribution in [0, 0.1) is 0 Å². The lowest BCUT2D eigenvalue weighted by molar-refractivity contribution is 1.18. The van der Waals surface area contributed by atoms with Crippen molar-refractivity contribution >= 4 is 119 Å². The maximum atomic E-state index is 2.61. The number of anilines is 9. The van der Waals surface area contributed by atoms with Crippen molar-refractivity contribution in [2.75, 3.05) is 14.7 Å². The Kier molecular flexibility index (Phi) is 6.42. The van der Waals surface area contributed by atoms with Crippen molar-refractivity contribution in [1.29, 1.82) is 0 Å². The Morgan fingerprint density at radius 3 is 1.33 bits per heavy atom. The van der Waals surface area contributed by atoms with Gasteiger partial charge in [-0.3, -0.25) is 0 Å². The van der Waals surface area contributed by atoms with E-state index >= 15 is 0 Å². The van der Waals surface area contributed by atoms with Gasteiger partial charge in [0.15, 0.2) is 0 Å². The third-order valence-corrected chi connectivity index (χ3v) is 13.5. The first kappa shape index (κ1) is 32.3. The molecule has 0 bridgehead atoms. The zero-order valence-electron chi connectivity index (χ0n) is 32.6. The van der Waals surface area contributed by atoms with Crippen molar-refractivity contribution in [1.82, 2.24) is 4.57 Å². The molecule has 0 fully saturated rings. The zero-order valence-corrected chi connectivity index (χ0v) is 32.6. The van der Waals surface area contributed by atoms with Crippen LogP contribution < -0.4 is 47.5 Å². The maximum absolute atomic E-state index is 2.61. The van der Waals surface area contributed by atoms with Crippen molar-refractivity contribution in [3.63, 3.8) is 0 Å². The van der Waals surface area contributed by atoms with Crippen LogP contribution in [0.4, 0.5) is 51.2 Å². The summed E-state index contributed by atoms with van der Waals surface area (Å²) in [6, 6.07) is 76.6. The highest BCUT2D eigenvalue weighted by atomic mass is 15.2. The lowest BCUT2D eigenvalue weighted by Crippen LogP contribution is -2.68. The average Bonchev–Trinajstić information content (AvgIpc) is 3.66. The quantitative estimate of drug-likeness (QED) is 0.167. The van der Waals surface area contributed by atoms with Crippen molar-refractivity contribution < 1.29 is 0 Å². The van der Waals surface area contributed by atoms with Crippen LogP contribution in [-0.2, 0) is 0 Å². The third-order valence-electron chi connectivity index (χ3n) is 13.5. The Labute approximate surface area is 349 Å². The van der Waals surface area contributed by atoms with Gasteiger partial charge in [-0.15, -0.1) is 0 Å². The maximum Gasteiger partial charge on any atom is 0.252 e. The Balaban J connectivity index is 1.16. The summed E-state index contributed by atoms with van der Waals surface area (Å²) in [6.07, 6.45) is 0. The molecule has 0 aliphatic carbocycles. The van der Waals surface area contributed by atoms with Crippen LogP contribution in [0.3, 0.4) is 0 Å². The third kappa shape index (κ3) is 4.07. The summed E-state index contributed by atoms with van der Waals surface area (Å²) < 4.78 is 2.43. The molecule has 0 saturated heterocycles. The molecule has 0 unspecified atom stereocenters. The molecule has 0 spiro atoms. The summed E-state index contributed by atoms with van der Waals surface area (Å²) >= 11 is 0. The van der Waals surface area contributed by atoms with E-state index < -0.39 is 0 Å². The summed E-state index contributed by atoms with van der Waals surface area (Å²) in [5.41, 5.74) is 22.6. The van der Waals surface area contributed by atoms with E-state index in [0.717, 1.165) is 11.4 Å². The number of rotatable bonds is 3. The molecule has 4 aliphatic heterocycles. The van der Waals surface area contributed by atoms with Gasteiger partial charge in [-0.2, -0.15) is 0 Å². The number of benzene rings is 9. The second-order valence-corrected chi connectivity index (χ2v) is 16.4. The molecule has 60 heavy (non-hydrogen) atoms. The summed E-state index contributed by atoms with van der Waals surface area (Å²) in [5.74, 6) is 0. The summed E-state index contributed by atoms with van der Waals surface area (Å²) in [5, 5.41) is 2.48. The fourth-order valence-corrected chi connectivity index (χ4v) is 11.3. The lowest BCUT2D eigenvalue weighted by atomic mass is 9.29. The molecule has 0 N–H and O–H groups in total. The van der Waals surface area contributed by atoms with Gasteiger partial charge in [0.2, 0.25) is 0 Å². The average molecular weight is 761 g/mol. The molecule has 4 aliphatic rings. The van der Waals surface area contributed by atoms with E-state index in [4.69, 9.17) is 0 Å². The Hall–Kier alpha value is -7.69.